The molecule has 0 aliphatic carbocycles. The maximum absolute atomic E-state index is 6.28. The third kappa shape index (κ3) is 3.37. The number of likely N-dealkylation sites (N-methyl/N-ethyl adjacent to an activating group) is 1. The van der Waals surface area contributed by atoms with E-state index in [9.17, 15) is 0 Å². The van der Waals surface area contributed by atoms with E-state index in [0.717, 1.165) is 16.5 Å². The number of hydrogen-bond donors (Lipinski definition) is 1. The molecule has 1 atom stereocenters. The largest absolute Gasteiger partial charge is 0.313 e. The normalized spacial score (nSPS) is 12.4. The lowest BCUT2D eigenvalue weighted by molar-refractivity contribution is 0.588. The molecular formula is C16H16BrCl2N. The lowest BCUT2D eigenvalue weighted by Gasteiger charge is -2.20. The fraction of sp³-hybridized carbons (Fsp3) is 0.250. The summed E-state index contributed by atoms with van der Waals surface area (Å²) in [6.07, 6.45) is 0.799. The van der Waals surface area contributed by atoms with Gasteiger partial charge in [0.05, 0.1) is 10.0 Å². The summed E-state index contributed by atoms with van der Waals surface area (Å²) in [6, 6.07) is 12.2. The molecule has 0 spiro atoms. The molecule has 0 heterocycles. The first-order valence-corrected chi connectivity index (χ1v) is 7.94. The summed E-state index contributed by atoms with van der Waals surface area (Å²) in [4.78, 5) is 0. The Balaban J connectivity index is 2.34. The van der Waals surface area contributed by atoms with Crippen molar-refractivity contribution in [1.29, 1.82) is 0 Å². The summed E-state index contributed by atoms with van der Waals surface area (Å²) in [5, 5.41) is 4.60. The molecule has 0 aliphatic heterocycles. The Bertz CT molecular complexity index is 613. The molecule has 2 aromatic carbocycles. The molecular weight excluding hydrogens is 357 g/mol. The lowest BCUT2D eigenvalue weighted by Crippen LogP contribution is -2.20. The van der Waals surface area contributed by atoms with Crippen molar-refractivity contribution < 1.29 is 0 Å². The predicted molar refractivity (Wildman–Crippen MR) is 90.8 cm³/mol. The number of benzene rings is 2. The summed E-state index contributed by atoms with van der Waals surface area (Å²) in [6.45, 7) is 2.11. The van der Waals surface area contributed by atoms with Gasteiger partial charge in [-0.05, 0) is 49.2 Å². The highest BCUT2D eigenvalue weighted by atomic mass is 79.9. The van der Waals surface area contributed by atoms with Crippen molar-refractivity contribution in [1.82, 2.24) is 5.32 Å². The van der Waals surface area contributed by atoms with Crippen LogP contribution >= 0.6 is 39.1 Å². The van der Waals surface area contributed by atoms with Gasteiger partial charge in [-0.25, -0.2) is 0 Å². The quantitative estimate of drug-likeness (QED) is 0.739. The van der Waals surface area contributed by atoms with Crippen molar-refractivity contribution in [2.75, 3.05) is 7.05 Å². The lowest BCUT2D eigenvalue weighted by atomic mass is 9.95. The van der Waals surface area contributed by atoms with Gasteiger partial charge >= 0.3 is 0 Å². The summed E-state index contributed by atoms with van der Waals surface area (Å²) >= 11 is 15.9. The highest BCUT2D eigenvalue weighted by Gasteiger charge is 2.16. The van der Waals surface area contributed by atoms with Gasteiger partial charge in [0.2, 0.25) is 0 Å². The fourth-order valence-electron chi connectivity index (χ4n) is 2.30. The van der Waals surface area contributed by atoms with Crippen LogP contribution in [0.2, 0.25) is 10.0 Å². The van der Waals surface area contributed by atoms with Crippen molar-refractivity contribution in [2.24, 2.45) is 0 Å². The Morgan fingerprint density at radius 2 is 1.85 bits per heavy atom. The van der Waals surface area contributed by atoms with Crippen LogP contribution in [0.3, 0.4) is 0 Å². The van der Waals surface area contributed by atoms with Crippen molar-refractivity contribution in [3.05, 3.63) is 67.6 Å². The molecule has 2 rings (SSSR count). The molecule has 106 valence electrons. The summed E-state index contributed by atoms with van der Waals surface area (Å²) in [5.74, 6) is 0. The van der Waals surface area contributed by atoms with E-state index in [2.05, 4.69) is 46.4 Å². The van der Waals surface area contributed by atoms with Crippen molar-refractivity contribution in [2.45, 2.75) is 19.4 Å². The van der Waals surface area contributed by atoms with Gasteiger partial charge in [-0.15, -0.1) is 0 Å². The van der Waals surface area contributed by atoms with E-state index < -0.39 is 0 Å². The number of nitrogens with one attached hydrogen (secondary N) is 1. The van der Waals surface area contributed by atoms with Crippen molar-refractivity contribution in [3.8, 4) is 0 Å². The minimum absolute atomic E-state index is 0.198. The molecule has 0 amide bonds. The third-order valence-electron chi connectivity index (χ3n) is 3.49. The third-order valence-corrected chi connectivity index (χ3v) is 5.21. The van der Waals surface area contributed by atoms with Crippen LogP contribution < -0.4 is 5.32 Å². The van der Waals surface area contributed by atoms with E-state index in [0.29, 0.717) is 10.0 Å². The van der Waals surface area contributed by atoms with Gasteiger partial charge in [0.25, 0.3) is 0 Å². The zero-order valence-electron chi connectivity index (χ0n) is 11.4. The van der Waals surface area contributed by atoms with Crippen LogP contribution in [-0.2, 0) is 6.42 Å². The van der Waals surface area contributed by atoms with Crippen LogP contribution in [-0.4, -0.2) is 7.05 Å². The van der Waals surface area contributed by atoms with Crippen LogP contribution in [0.1, 0.15) is 22.7 Å². The molecule has 0 aromatic heterocycles. The first kappa shape index (κ1) is 15.8. The maximum atomic E-state index is 6.28. The maximum Gasteiger partial charge on any atom is 0.0624 e. The van der Waals surface area contributed by atoms with E-state index in [1.807, 2.05) is 25.2 Å². The Hall–Kier alpha value is -0.540. The van der Waals surface area contributed by atoms with E-state index in [4.69, 9.17) is 23.2 Å². The van der Waals surface area contributed by atoms with Gasteiger partial charge in [-0.3, -0.25) is 0 Å². The smallest absolute Gasteiger partial charge is 0.0624 e. The highest BCUT2D eigenvalue weighted by molar-refractivity contribution is 9.10. The van der Waals surface area contributed by atoms with Gasteiger partial charge in [0.1, 0.15) is 0 Å². The van der Waals surface area contributed by atoms with Crippen LogP contribution in [0.4, 0.5) is 0 Å². The second-order valence-electron chi connectivity index (χ2n) is 4.71. The van der Waals surface area contributed by atoms with E-state index >= 15 is 0 Å². The Morgan fingerprint density at radius 3 is 2.55 bits per heavy atom. The van der Waals surface area contributed by atoms with Gasteiger partial charge in [-0.1, -0.05) is 63.4 Å². The molecule has 0 saturated heterocycles. The molecule has 0 aliphatic rings. The van der Waals surface area contributed by atoms with Crippen molar-refractivity contribution >= 4 is 39.1 Å². The standard InChI is InChI=1S/C16H16BrCl2N/c1-10-12(6-4-7-13(10)17)15(20-2)9-11-5-3-8-14(18)16(11)19/h3-8,15,20H,9H2,1-2H3. The first-order chi connectivity index (χ1) is 9.54. The van der Waals surface area contributed by atoms with Crippen molar-refractivity contribution in [3.63, 3.8) is 0 Å². The minimum Gasteiger partial charge on any atom is -0.313 e. The molecule has 0 saturated carbocycles. The zero-order valence-corrected chi connectivity index (χ0v) is 14.5. The number of rotatable bonds is 4. The van der Waals surface area contributed by atoms with Gasteiger partial charge in [0.15, 0.2) is 0 Å². The Morgan fingerprint density at radius 1 is 1.15 bits per heavy atom. The molecule has 0 fully saturated rings. The van der Waals surface area contributed by atoms with Gasteiger partial charge in [-0.2, -0.15) is 0 Å². The molecule has 1 nitrogen and oxygen atoms in total. The summed E-state index contributed by atoms with van der Waals surface area (Å²) in [7, 11) is 1.96. The highest BCUT2D eigenvalue weighted by Crippen LogP contribution is 2.31. The molecule has 20 heavy (non-hydrogen) atoms. The molecule has 1 unspecified atom stereocenters. The van der Waals surface area contributed by atoms with Crippen LogP contribution in [0.25, 0.3) is 0 Å². The zero-order chi connectivity index (χ0) is 14.7. The van der Waals surface area contributed by atoms with Gasteiger partial charge < -0.3 is 5.32 Å². The monoisotopic (exact) mass is 371 g/mol. The summed E-state index contributed by atoms with van der Waals surface area (Å²) in [5.41, 5.74) is 3.56. The van der Waals surface area contributed by atoms with E-state index in [1.54, 1.807) is 0 Å². The Kier molecular flexibility index (Phi) is 5.50. The Labute approximate surface area is 138 Å². The van der Waals surface area contributed by atoms with Crippen LogP contribution in [0.5, 0.6) is 0 Å². The second-order valence-corrected chi connectivity index (χ2v) is 6.35. The summed E-state index contributed by atoms with van der Waals surface area (Å²) < 4.78 is 1.12. The SMILES string of the molecule is CNC(Cc1cccc(Cl)c1Cl)c1cccc(Br)c1C. The number of hydrogen-bond acceptors (Lipinski definition) is 1. The molecule has 1 N–H and O–H groups in total. The molecule has 2 aromatic rings. The molecule has 0 radical (unpaired) electrons. The average molecular weight is 373 g/mol. The first-order valence-electron chi connectivity index (χ1n) is 6.39. The molecule has 0 bridgehead atoms. The van der Waals surface area contributed by atoms with Crippen LogP contribution in [0, 0.1) is 6.92 Å². The van der Waals surface area contributed by atoms with E-state index in [-0.39, 0.29) is 6.04 Å². The average Bonchev–Trinajstić information content (AvgIpc) is 2.44. The van der Waals surface area contributed by atoms with Gasteiger partial charge in [0, 0.05) is 10.5 Å². The predicted octanol–water partition coefficient (Wildman–Crippen LogP) is 5.57. The second kappa shape index (κ2) is 6.95. The number of halogens is 3. The topological polar surface area (TPSA) is 12.0 Å². The minimum atomic E-state index is 0.198. The molecule has 4 heteroatoms. The van der Waals surface area contributed by atoms with Crippen LogP contribution in [0.15, 0.2) is 40.9 Å². The van der Waals surface area contributed by atoms with E-state index in [1.165, 1.54) is 11.1 Å². The fourth-order valence-corrected chi connectivity index (χ4v) is 3.07.